The molecule has 0 atom stereocenters. The second-order valence-corrected chi connectivity index (χ2v) is 12.6. The number of benzene rings is 1. The van der Waals surface area contributed by atoms with Gasteiger partial charge in [0.15, 0.2) is 9.84 Å². The van der Waals surface area contributed by atoms with E-state index in [-0.39, 0.29) is 28.0 Å². The van der Waals surface area contributed by atoms with Gasteiger partial charge in [-0.2, -0.15) is 0 Å². The Balaban J connectivity index is 0.00000345. The molecule has 2 aliphatic heterocycles. The van der Waals surface area contributed by atoms with Gasteiger partial charge in [0.2, 0.25) is 11.8 Å². The molecule has 0 aliphatic carbocycles. The molecule has 4 N–H and O–H groups in total. The Hall–Kier alpha value is -3.93. The van der Waals surface area contributed by atoms with Crippen molar-refractivity contribution in [2.24, 2.45) is 0 Å². The third kappa shape index (κ3) is 11.8. The van der Waals surface area contributed by atoms with Crippen LogP contribution in [0.4, 0.5) is 0 Å². The van der Waals surface area contributed by atoms with E-state index in [2.05, 4.69) is 21.3 Å². The van der Waals surface area contributed by atoms with Crippen LogP contribution in [0.3, 0.4) is 0 Å². The third-order valence-corrected chi connectivity index (χ3v) is 8.79. The molecule has 2 aliphatic rings. The van der Waals surface area contributed by atoms with Crippen molar-refractivity contribution in [1.82, 2.24) is 26.2 Å². The highest BCUT2D eigenvalue weighted by atomic mass is 35.5. The van der Waals surface area contributed by atoms with Crippen molar-refractivity contribution in [3.05, 3.63) is 104 Å². The molecule has 0 unspecified atom stereocenters. The van der Waals surface area contributed by atoms with E-state index in [0.717, 1.165) is 12.1 Å². The summed E-state index contributed by atoms with van der Waals surface area (Å²) in [7, 11) is -3.82. The number of hydrogen-bond donors (Lipinski definition) is 4. The summed E-state index contributed by atoms with van der Waals surface area (Å²) in [6.45, 7) is 13.6. The molecule has 0 saturated carbocycles. The van der Waals surface area contributed by atoms with Gasteiger partial charge in [-0.1, -0.05) is 43.7 Å². The van der Waals surface area contributed by atoms with Gasteiger partial charge in [0, 0.05) is 60.4 Å². The van der Waals surface area contributed by atoms with E-state index in [1.54, 1.807) is 58.0 Å². The zero-order chi connectivity index (χ0) is 33.6. The number of sulfone groups is 1. The van der Waals surface area contributed by atoms with Crippen molar-refractivity contribution in [3.63, 3.8) is 0 Å². The molecule has 3 rings (SSSR count). The molecular weight excluding hydrogens is 614 g/mol. The van der Waals surface area contributed by atoms with Crippen LogP contribution in [-0.2, 0) is 30.0 Å². The quantitative estimate of drug-likeness (QED) is 0.280. The molecule has 0 aromatic heterocycles. The Kier molecular flexibility index (Phi) is 15.0. The summed E-state index contributed by atoms with van der Waals surface area (Å²) in [6, 6.07) is 5.23. The largest absolute Gasteiger partial charge is 0.359 e. The number of nitrogens with zero attached hydrogens (tertiary/aromatic N) is 1. The van der Waals surface area contributed by atoms with Gasteiger partial charge in [-0.05, 0) is 74.8 Å². The van der Waals surface area contributed by atoms with Gasteiger partial charge in [0.1, 0.15) is 0 Å². The molecule has 0 radical (unpaired) electrons. The number of rotatable bonds is 10. The van der Waals surface area contributed by atoms with Gasteiger partial charge in [-0.3, -0.25) is 19.3 Å². The first-order valence-corrected chi connectivity index (χ1v) is 16.9. The van der Waals surface area contributed by atoms with Crippen LogP contribution >= 0.6 is 11.6 Å². The van der Waals surface area contributed by atoms with Crippen LogP contribution in [0, 0.1) is 6.92 Å². The maximum absolute atomic E-state index is 13.5. The zero-order valence-electron chi connectivity index (χ0n) is 26.8. The second kappa shape index (κ2) is 18.1. The maximum Gasteiger partial charge on any atom is 0.255 e. The van der Waals surface area contributed by atoms with E-state index >= 15 is 0 Å². The van der Waals surface area contributed by atoms with E-state index in [0.29, 0.717) is 53.7 Å². The molecule has 244 valence electrons. The number of amides is 3. The number of aryl methyl sites for hydroxylation is 1. The van der Waals surface area contributed by atoms with Crippen molar-refractivity contribution in [3.8, 4) is 0 Å². The Morgan fingerprint density at radius 1 is 1.18 bits per heavy atom. The average molecular weight is 658 g/mol. The molecule has 45 heavy (non-hydrogen) atoms. The van der Waals surface area contributed by atoms with Crippen LogP contribution in [0.2, 0.25) is 5.02 Å². The van der Waals surface area contributed by atoms with Crippen molar-refractivity contribution in [2.45, 2.75) is 47.3 Å². The van der Waals surface area contributed by atoms with E-state index in [1.807, 2.05) is 18.7 Å². The van der Waals surface area contributed by atoms with Crippen molar-refractivity contribution >= 4 is 39.2 Å². The van der Waals surface area contributed by atoms with Gasteiger partial charge < -0.3 is 21.3 Å². The van der Waals surface area contributed by atoms with Crippen LogP contribution in [0.25, 0.3) is 0 Å². The van der Waals surface area contributed by atoms with Crippen LogP contribution in [0.15, 0.2) is 88.3 Å². The van der Waals surface area contributed by atoms with Crippen molar-refractivity contribution < 1.29 is 22.8 Å². The van der Waals surface area contributed by atoms with E-state index in [4.69, 9.17) is 11.6 Å². The number of hydrogen-bond acceptors (Lipinski definition) is 7. The summed E-state index contributed by atoms with van der Waals surface area (Å²) in [5.74, 6) is -1.04. The van der Waals surface area contributed by atoms with Gasteiger partial charge in [0.25, 0.3) is 5.91 Å². The Morgan fingerprint density at radius 3 is 2.58 bits per heavy atom. The number of carbonyl (C=O) groups excluding carboxylic acids is 3. The standard InChI is InChI=1S/C31H38ClN5O5S.C2H6/c1-5-24(36-23(4)17-29(38)33-12-14-37-15-13-34-30(39)19-37)18-26-22(3)16-25(9-7-11-35-31(26)40)43(41,42)20-27-21(2)8-6-10-28(27)32;1-2/h5-11,16-18,36H,12-15,19-20H2,1-4H3,(H,33,38)(H,34,39)(H,35,40);1-2H3/b11-7+,22-16+,23-17+,24-5+,25-9+,26-18-;. The number of halogens is 1. The smallest absolute Gasteiger partial charge is 0.255 e. The number of allylic oxidation sites excluding steroid dienone is 6. The number of nitrogens with one attached hydrogen (secondary N) is 4. The molecule has 1 saturated heterocycles. The van der Waals surface area contributed by atoms with E-state index < -0.39 is 15.7 Å². The molecule has 10 nitrogen and oxygen atoms in total. The summed E-state index contributed by atoms with van der Waals surface area (Å²) < 4.78 is 26.9. The van der Waals surface area contributed by atoms with Crippen molar-refractivity contribution in [1.29, 1.82) is 0 Å². The molecule has 1 aromatic rings. The Bertz CT molecular complexity index is 1530. The molecule has 1 fully saturated rings. The fourth-order valence-corrected chi connectivity index (χ4v) is 6.38. The second-order valence-electron chi connectivity index (χ2n) is 10.2. The topological polar surface area (TPSA) is 137 Å². The SMILES string of the molecule is CC.C\C=C(/C=C1C(=O)N/C=C/C=C(S(=O)(=O)Cc2c(C)cccc2Cl)\C=C\1C)N/C(C)=C/C(=O)NCCN1CCNC(=O)C1. The summed E-state index contributed by atoms with van der Waals surface area (Å²) in [6.07, 6.45) is 10.5. The molecule has 0 bridgehead atoms. The van der Waals surface area contributed by atoms with Gasteiger partial charge in [-0.25, -0.2) is 8.42 Å². The van der Waals surface area contributed by atoms with Gasteiger partial charge in [-0.15, -0.1) is 0 Å². The Labute approximate surface area is 272 Å². The van der Waals surface area contributed by atoms with Crippen LogP contribution in [-0.4, -0.2) is 63.8 Å². The first kappa shape index (κ1) is 37.3. The highest BCUT2D eigenvalue weighted by Crippen LogP contribution is 2.27. The first-order chi connectivity index (χ1) is 21.4. The highest BCUT2D eigenvalue weighted by Gasteiger charge is 2.22. The lowest BCUT2D eigenvalue weighted by molar-refractivity contribution is -0.124. The predicted molar refractivity (Wildman–Crippen MR) is 180 cm³/mol. The van der Waals surface area contributed by atoms with Gasteiger partial charge in [0.05, 0.1) is 17.2 Å². The van der Waals surface area contributed by atoms with E-state index in [1.165, 1.54) is 30.5 Å². The average Bonchev–Trinajstić information content (AvgIpc) is 3.05. The highest BCUT2D eigenvalue weighted by molar-refractivity contribution is 7.94. The van der Waals surface area contributed by atoms with Gasteiger partial charge >= 0.3 is 0 Å². The van der Waals surface area contributed by atoms with Crippen LogP contribution in [0.1, 0.15) is 45.7 Å². The van der Waals surface area contributed by atoms with Crippen molar-refractivity contribution in [2.75, 3.05) is 32.7 Å². The van der Waals surface area contributed by atoms with Crippen LogP contribution < -0.4 is 21.3 Å². The summed E-state index contributed by atoms with van der Waals surface area (Å²) >= 11 is 6.30. The minimum absolute atomic E-state index is 0.0266. The Morgan fingerprint density at radius 2 is 1.91 bits per heavy atom. The monoisotopic (exact) mass is 657 g/mol. The predicted octanol–water partition coefficient (Wildman–Crippen LogP) is 3.93. The third-order valence-electron chi connectivity index (χ3n) is 6.79. The summed E-state index contributed by atoms with van der Waals surface area (Å²) in [4.78, 5) is 39.0. The van der Waals surface area contributed by atoms with E-state index in [9.17, 15) is 22.8 Å². The fraction of sp³-hybridized carbons (Fsp3) is 0.364. The molecule has 12 heteroatoms. The lowest BCUT2D eigenvalue weighted by atomic mass is 10.0. The summed E-state index contributed by atoms with van der Waals surface area (Å²) in [5.41, 5.74) is 3.02. The molecule has 3 amide bonds. The molecule has 0 spiro atoms. The normalized spacial score (nSPS) is 20.5. The molecule has 2 heterocycles. The van der Waals surface area contributed by atoms with Crippen LogP contribution in [0.5, 0.6) is 0 Å². The lowest BCUT2D eigenvalue weighted by Crippen LogP contribution is -2.49. The lowest BCUT2D eigenvalue weighted by Gasteiger charge is -2.26. The molecule has 1 aromatic carbocycles. The number of carbonyl (C=O) groups is 3. The zero-order valence-corrected chi connectivity index (χ0v) is 28.4. The maximum atomic E-state index is 13.5. The molecular formula is C33H44ClN5O5S. The fourth-order valence-electron chi connectivity index (χ4n) is 4.44. The minimum Gasteiger partial charge on any atom is -0.359 e. The number of piperazine rings is 1. The minimum atomic E-state index is -3.82. The summed E-state index contributed by atoms with van der Waals surface area (Å²) in [5, 5.41) is 11.7. The first-order valence-electron chi connectivity index (χ1n) is 14.8.